The number of benzene rings is 2. The first-order valence-corrected chi connectivity index (χ1v) is 10.1. The van der Waals surface area contributed by atoms with Gasteiger partial charge in [0.05, 0.1) is 23.0 Å². The number of carbonyl (C=O) groups excluding carboxylic acids is 2. The van der Waals surface area contributed by atoms with Gasteiger partial charge < -0.3 is 5.32 Å². The van der Waals surface area contributed by atoms with E-state index in [0.717, 1.165) is 10.0 Å². The molecule has 2 aromatic carbocycles. The second-order valence-electron chi connectivity index (χ2n) is 5.87. The fraction of sp³-hybridized carbons (Fsp3) is 0.176. The Morgan fingerprint density at radius 3 is 2.46 bits per heavy atom. The molecule has 1 aliphatic heterocycles. The first-order chi connectivity index (χ1) is 12.3. The molecule has 7 nitrogen and oxygen atoms in total. The van der Waals surface area contributed by atoms with Gasteiger partial charge in [0.1, 0.15) is 0 Å². The van der Waals surface area contributed by atoms with E-state index in [1.165, 1.54) is 17.0 Å². The van der Waals surface area contributed by atoms with E-state index in [-0.39, 0.29) is 23.1 Å². The second kappa shape index (κ2) is 7.28. The zero-order chi connectivity index (χ0) is 18.9. The predicted octanol–water partition coefficient (Wildman–Crippen LogP) is 1.52. The molecule has 26 heavy (non-hydrogen) atoms. The summed E-state index contributed by atoms with van der Waals surface area (Å²) in [5.74, 6) is -0.579. The van der Waals surface area contributed by atoms with Crippen molar-refractivity contribution in [3.8, 4) is 0 Å². The van der Waals surface area contributed by atoms with Crippen LogP contribution in [0, 0.1) is 0 Å². The van der Waals surface area contributed by atoms with Crippen molar-refractivity contribution in [2.45, 2.75) is 23.9 Å². The van der Waals surface area contributed by atoms with Crippen molar-refractivity contribution in [2.75, 3.05) is 4.90 Å². The largest absolute Gasteiger partial charge is 0.301 e. The summed E-state index contributed by atoms with van der Waals surface area (Å²) in [6, 6.07) is 12.4. The highest BCUT2D eigenvalue weighted by Crippen LogP contribution is 2.25. The zero-order valence-corrected chi connectivity index (χ0v) is 16.0. The van der Waals surface area contributed by atoms with E-state index in [1.807, 2.05) is 6.07 Å². The van der Waals surface area contributed by atoms with Crippen molar-refractivity contribution in [2.24, 2.45) is 5.14 Å². The molecule has 0 spiro atoms. The number of nitrogens with two attached hydrogens (primary N) is 1. The van der Waals surface area contributed by atoms with Crippen molar-refractivity contribution in [3.05, 3.63) is 58.6 Å². The Balaban J connectivity index is 1.68. The fourth-order valence-electron chi connectivity index (χ4n) is 2.72. The molecule has 9 heteroatoms. The van der Waals surface area contributed by atoms with Crippen LogP contribution in [0.15, 0.2) is 57.9 Å². The fourth-order valence-corrected chi connectivity index (χ4v) is 3.62. The van der Waals surface area contributed by atoms with Crippen LogP contribution in [0.3, 0.4) is 0 Å². The maximum absolute atomic E-state index is 12.6. The molecule has 1 saturated heterocycles. The van der Waals surface area contributed by atoms with Crippen molar-refractivity contribution >= 4 is 43.5 Å². The van der Waals surface area contributed by atoms with Crippen LogP contribution in [0.2, 0.25) is 0 Å². The first-order valence-electron chi connectivity index (χ1n) is 7.73. The summed E-state index contributed by atoms with van der Waals surface area (Å²) in [6.07, 6.45) is 0.0700. The molecule has 1 atom stereocenters. The van der Waals surface area contributed by atoms with E-state index >= 15 is 0 Å². The van der Waals surface area contributed by atoms with Gasteiger partial charge in [0.15, 0.2) is 0 Å². The van der Waals surface area contributed by atoms with E-state index in [1.54, 1.807) is 30.3 Å². The third-order valence-corrected chi connectivity index (χ3v) is 5.44. The lowest BCUT2D eigenvalue weighted by Gasteiger charge is -2.16. The number of hydrogen-bond donors (Lipinski definition) is 2. The quantitative estimate of drug-likeness (QED) is 0.688. The molecule has 1 heterocycles. The van der Waals surface area contributed by atoms with E-state index in [4.69, 9.17) is 5.14 Å². The molecule has 136 valence electrons. The first kappa shape index (κ1) is 18.7. The highest BCUT2D eigenvalue weighted by Gasteiger charge is 2.39. The number of carbonyl (C=O) groups is 2. The number of hydrogen-bond acceptors (Lipinski definition) is 5. The van der Waals surface area contributed by atoms with Crippen LogP contribution < -0.4 is 15.4 Å². The van der Waals surface area contributed by atoms with Crippen LogP contribution in [-0.4, -0.2) is 26.3 Å². The average molecular weight is 438 g/mol. The lowest BCUT2D eigenvalue weighted by Crippen LogP contribution is -2.38. The molecule has 3 rings (SSSR count). The summed E-state index contributed by atoms with van der Waals surface area (Å²) in [4.78, 5) is 26.0. The second-order valence-corrected chi connectivity index (χ2v) is 8.35. The molecular formula is C17H16BrN3O4S. The topological polar surface area (TPSA) is 110 Å². The zero-order valence-electron chi connectivity index (χ0n) is 13.6. The number of rotatable bonds is 5. The highest BCUT2D eigenvalue weighted by molar-refractivity contribution is 9.10. The standard InChI is InChI=1S/C17H16BrN3O4S/c18-12-2-1-3-13(8-12)21-16(22)9-15(17(21)23)20-10-11-4-6-14(7-5-11)26(19,24)25/h1-8,15,20H,9-10H2,(H2,19,24,25)/t15-/m1/s1. The van der Waals surface area contributed by atoms with Gasteiger partial charge in [0.2, 0.25) is 15.9 Å². The summed E-state index contributed by atoms with van der Waals surface area (Å²) in [5, 5.41) is 8.11. The van der Waals surface area contributed by atoms with Gasteiger partial charge in [-0.25, -0.2) is 18.5 Å². The normalized spacial score (nSPS) is 17.8. The van der Waals surface area contributed by atoms with Gasteiger partial charge in [-0.3, -0.25) is 9.59 Å². The molecule has 1 aliphatic rings. The molecule has 0 saturated carbocycles. The number of nitrogens with zero attached hydrogens (tertiary/aromatic N) is 1. The predicted molar refractivity (Wildman–Crippen MR) is 99.7 cm³/mol. The van der Waals surface area contributed by atoms with E-state index in [2.05, 4.69) is 21.2 Å². The van der Waals surface area contributed by atoms with Gasteiger partial charge in [-0.1, -0.05) is 34.1 Å². The van der Waals surface area contributed by atoms with Crippen molar-refractivity contribution in [3.63, 3.8) is 0 Å². The molecule has 0 bridgehead atoms. The van der Waals surface area contributed by atoms with E-state index in [9.17, 15) is 18.0 Å². The Labute approximate surface area is 159 Å². The molecule has 0 aromatic heterocycles. The monoisotopic (exact) mass is 437 g/mol. The minimum atomic E-state index is -3.74. The van der Waals surface area contributed by atoms with Crippen molar-refractivity contribution in [1.82, 2.24) is 5.32 Å². The SMILES string of the molecule is NS(=O)(=O)c1ccc(CN[C@@H]2CC(=O)N(c3cccc(Br)c3)C2=O)cc1. The maximum atomic E-state index is 12.6. The summed E-state index contributed by atoms with van der Waals surface area (Å²) in [5.41, 5.74) is 1.30. The summed E-state index contributed by atoms with van der Waals surface area (Å²) in [6.45, 7) is 0.320. The third kappa shape index (κ3) is 4.01. The van der Waals surface area contributed by atoms with Crippen molar-refractivity contribution in [1.29, 1.82) is 0 Å². The van der Waals surface area contributed by atoms with Crippen LogP contribution in [0.1, 0.15) is 12.0 Å². The highest BCUT2D eigenvalue weighted by atomic mass is 79.9. The number of halogens is 1. The Morgan fingerprint density at radius 1 is 1.15 bits per heavy atom. The smallest absolute Gasteiger partial charge is 0.251 e. The number of primary sulfonamides is 1. The van der Waals surface area contributed by atoms with Gasteiger partial charge in [0, 0.05) is 11.0 Å². The summed E-state index contributed by atoms with van der Waals surface area (Å²) >= 11 is 3.33. The number of sulfonamides is 1. The molecule has 3 N–H and O–H groups in total. The Bertz CT molecular complexity index is 960. The van der Waals surface area contributed by atoms with Crippen LogP contribution in [0.5, 0.6) is 0 Å². The van der Waals surface area contributed by atoms with Crippen LogP contribution in [0.25, 0.3) is 0 Å². The van der Waals surface area contributed by atoms with Crippen molar-refractivity contribution < 1.29 is 18.0 Å². The lowest BCUT2D eigenvalue weighted by atomic mass is 10.2. The number of anilines is 1. The van der Waals surface area contributed by atoms with Crippen LogP contribution in [0.4, 0.5) is 5.69 Å². The van der Waals surface area contributed by atoms with E-state index in [0.29, 0.717) is 12.2 Å². The van der Waals surface area contributed by atoms with Crippen LogP contribution in [-0.2, 0) is 26.2 Å². The molecule has 2 amide bonds. The van der Waals surface area contributed by atoms with Gasteiger partial charge in [-0.05, 0) is 35.9 Å². The van der Waals surface area contributed by atoms with E-state index < -0.39 is 16.1 Å². The third-order valence-electron chi connectivity index (χ3n) is 4.02. The summed E-state index contributed by atoms with van der Waals surface area (Å²) in [7, 11) is -3.74. The van der Waals surface area contributed by atoms with Gasteiger partial charge in [-0.15, -0.1) is 0 Å². The maximum Gasteiger partial charge on any atom is 0.251 e. The summed E-state index contributed by atoms with van der Waals surface area (Å²) < 4.78 is 23.3. The lowest BCUT2D eigenvalue weighted by molar-refractivity contribution is -0.121. The van der Waals surface area contributed by atoms with Gasteiger partial charge in [0.25, 0.3) is 5.91 Å². The molecule has 1 fully saturated rings. The van der Waals surface area contributed by atoms with Crippen LogP contribution >= 0.6 is 15.9 Å². The average Bonchev–Trinajstić information content (AvgIpc) is 2.86. The molecular weight excluding hydrogens is 422 g/mol. The number of nitrogens with one attached hydrogen (secondary N) is 1. The molecule has 0 aliphatic carbocycles. The number of imide groups is 1. The minimum absolute atomic E-state index is 0.0224. The Morgan fingerprint density at radius 2 is 1.85 bits per heavy atom. The van der Waals surface area contributed by atoms with Gasteiger partial charge in [-0.2, -0.15) is 0 Å². The Hall–Kier alpha value is -2.07. The molecule has 0 radical (unpaired) electrons. The molecule has 2 aromatic rings. The number of amides is 2. The molecule has 0 unspecified atom stereocenters. The van der Waals surface area contributed by atoms with Gasteiger partial charge >= 0.3 is 0 Å². The Kier molecular flexibility index (Phi) is 5.24. The minimum Gasteiger partial charge on any atom is -0.301 e.